The smallest absolute Gasteiger partial charge is 0.416 e. The normalized spacial score (nSPS) is 13.0. The van der Waals surface area contributed by atoms with E-state index >= 15 is 0 Å². The number of halogens is 6. The van der Waals surface area contributed by atoms with Gasteiger partial charge < -0.3 is 19.9 Å². The van der Waals surface area contributed by atoms with Crippen LogP contribution in [0.1, 0.15) is 33.2 Å². The molecule has 0 aliphatic rings. The van der Waals surface area contributed by atoms with Gasteiger partial charge >= 0.3 is 12.4 Å². The Morgan fingerprint density at radius 3 is 2.00 bits per heavy atom. The van der Waals surface area contributed by atoms with Crippen LogP contribution in [0.3, 0.4) is 0 Å². The third-order valence-electron chi connectivity index (χ3n) is 4.10. The first kappa shape index (κ1) is 23.3. The van der Waals surface area contributed by atoms with Crippen LogP contribution in [0.5, 0.6) is 11.5 Å². The molecule has 0 saturated carbocycles. The minimum absolute atomic E-state index is 0.0766. The summed E-state index contributed by atoms with van der Waals surface area (Å²) in [4.78, 5) is 12.2. The van der Waals surface area contributed by atoms with Crippen molar-refractivity contribution in [3.05, 3.63) is 58.7 Å². The zero-order chi connectivity index (χ0) is 22.7. The monoisotopic (exact) mass is 437 g/mol. The molecule has 2 N–H and O–H groups in total. The van der Waals surface area contributed by atoms with Crippen LogP contribution in [0.25, 0.3) is 0 Å². The quantitative estimate of drug-likeness (QED) is 0.665. The van der Waals surface area contributed by atoms with E-state index in [0.29, 0.717) is 17.9 Å². The summed E-state index contributed by atoms with van der Waals surface area (Å²) in [6.45, 7) is -0.500. The third kappa shape index (κ3) is 5.56. The number of aliphatic hydroxyl groups excluding tert-OH is 1. The van der Waals surface area contributed by atoms with Crippen LogP contribution < -0.4 is 14.8 Å². The van der Waals surface area contributed by atoms with Crippen LogP contribution in [0, 0.1) is 0 Å². The van der Waals surface area contributed by atoms with Gasteiger partial charge in [0.2, 0.25) is 0 Å². The van der Waals surface area contributed by atoms with Crippen molar-refractivity contribution < 1.29 is 45.7 Å². The molecule has 0 saturated heterocycles. The number of alkyl halides is 6. The molecule has 2 rings (SSSR count). The molecule has 1 unspecified atom stereocenters. The molecule has 0 aromatic heterocycles. The van der Waals surface area contributed by atoms with Gasteiger partial charge in [-0.15, -0.1) is 0 Å². The predicted molar refractivity (Wildman–Crippen MR) is 93.3 cm³/mol. The molecule has 0 spiro atoms. The number of aliphatic hydroxyl groups is 1. The molecule has 0 heterocycles. The fourth-order valence-corrected chi connectivity index (χ4v) is 2.59. The summed E-state index contributed by atoms with van der Waals surface area (Å²) in [6, 6.07) is 5.00. The van der Waals surface area contributed by atoms with Crippen molar-refractivity contribution in [2.45, 2.75) is 18.5 Å². The van der Waals surface area contributed by atoms with Gasteiger partial charge in [-0.2, -0.15) is 26.3 Å². The summed E-state index contributed by atoms with van der Waals surface area (Å²) in [7, 11) is 2.71. The van der Waals surface area contributed by atoms with Crippen LogP contribution >= 0.6 is 0 Å². The Balaban J connectivity index is 2.26. The van der Waals surface area contributed by atoms with Crippen LogP contribution in [-0.4, -0.2) is 31.8 Å². The second-order valence-corrected chi connectivity index (χ2v) is 6.13. The second kappa shape index (κ2) is 8.82. The van der Waals surface area contributed by atoms with Gasteiger partial charge in [0, 0.05) is 17.7 Å². The second-order valence-electron chi connectivity index (χ2n) is 6.13. The molecule has 164 valence electrons. The van der Waals surface area contributed by atoms with E-state index < -0.39 is 47.6 Å². The van der Waals surface area contributed by atoms with Crippen molar-refractivity contribution in [3.8, 4) is 11.5 Å². The van der Waals surface area contributed by atoms with Gasteiger partial charge in [-0.05, 0) is 36.4 Å². The van der Waals surface area contributed by atoms with Gasteiger partial charge in [0.05, 0.1) is 25.3 Å². The number of hydrogen-bond donors (Lipinski definition) is 2. The molecule has 2 aromatic carbocycles. The van der Waals surface area contributed by atoms with Gasteiger partial charge in [0.1, 0.15) is 17.6 Å². The highest BCUT2D eigenvalue weighted by Gasteiger charge is 2.37. The molecule has 0 radical (unpaired) electrons. The number of benzene rings is 2. The van der Waals surface area contributed by atoms with Gasteiger partial charge in [0.15, 0.2) is 0 Å². The molecule has 5 nitrogen and oxygen atoms in total. The molecule has 1 atom stereocenters. The minimum Gasteiger partial charge on any atom is -0.497 e. The maximum absolute atomic E-state index is 12.9. The van der Waals surface area contributed by atoms with Crippen molar-refractivity contribution in [3.63, 3.8) is 0 Å². The van der Waals surface area contributed by atoms with Crippen molar-refractivity contribution in [2.75, 3.05) is 20.8 Å². The molecule has 0 aliphatic carbocycles. The van der Waals surface area contributed by atoms with Crippen LogP contribution in [-0.2, 0) is 12.4 Å². The van der Waals surface area contributed by atoms with E-state index in [1.807, 2.05) is 0 Å². The van der Waals surface area contributed by atoms with Crippen LogP contribution in [0.4, 0.5) is 26.3 Å². The highest BCUT2D eigenvalue weighted by atomic mass is 19.4. The Morgan fingerprint density at radius 2 is 1.53 bits per heavy atom. The Bertz CT molecular complexity index is 879. The zero-order valence-electron chi connectivity index (χ0n) is 15.7. The zero-order valence-corrected chi connectivity index (χ0v) is 15.7. The predicted octanol–water partition coefficient (Wildman–Crippen LogP) is 4.20. The van der Waals surface area contributed by atoms with Crippen LogP contribution in [0.15, 0.2) is 36.4 Å². The first-order chi connectivity index (χ1) is 13.9. The van der Waals surface area contributed by atoms with E-state index in [4.69, 9.17) is 9.47 Å². The average Bonchev–Trinajstić information content (AvgIpc) is 2.69. The summed E-state index contributed by atoms with van der Waals surface area (Å²) < 4.78 is 87.7. The number of ether oxygens (including phenoxy) is 2. The Labute approximate surface area is 167 Å². The van der Waals surface area contributed by atoms with Gasteiger partial charge in [-0.1, -0.05) is 0 Å². The lowest BCUT2D eigenvalue weighted by molar-refractivity contribution is -0.143. The van der Waals surface area contributed by atoms with Gasteiger partial charge in [-0.25, -0.2) is 0 Å². The summed E-state index contributed by atoms with van der Waals surface area (Å²) in [5.74, 6) is -0.604. The third-order valence-corrected chi connectivity index (χ3v) is 4.10. The number of amides is 1. The number of carbonyl (C=O) groups is 1. The Morgan fingerprint density at radius 1 is 0.967 bits per heavy atom. The van der Waals surface area contributed by atoms with Crippen LogP contribution in [0.2, 0.25) is 0 Å². The van der Waals surface area contributed by atoms with Crippen molar-refractivity contribution in [2.24, 2.45) is 0 Å². The maximum Gasteiger partial charge on any atom is 0.416 e. The summed E-state index contributed by atoms with van der Waals surface area (Å²) in [5.41, 5.74) is -3.87. The minimum atomic E-state index is -5.08. The Kier molecular flexibility index (Phi) is 6.86. The van der Waals surface area contributed by atoms with E-state index in [-0.39, 0.29) is 17.4 Å². The lowest BCUT2D eigenvalue weighted by Gasteiger charge is -2.17. The molecule has 1 amide bonds. The van der Waals surface area contributed by atoms with Gasteiger partial charge in [-0.3, -0.25) is 4.79 Å². The van der Waals surface area contributed by atoms with E-state index in [9.17, 15) is 36.2 Å². The maximum atomic E-state index is 12.9. The Hall–Kier alpha value is -2.95. The van der Waals surface area contributed by atoms with Crippen molar-refractivity contribution in [1.82, 2.24) is 5.32 Å². The van der Waals surface area contributed by atoms with Crippen molar-refractivity contribution >= 4 is 5.91 Å². The highest BCUT2D eigenvalue weighted by molar-refractivity contribution is 5.94. The first-order valence-electron chi connectivity index (χ1n) is 8.34. The standard InChI is InChI=1S/C19H17F6NO4/c1-29-13-3-4-16(30-2)14(8-13)15(27)9-26-17(28)10-5-11(18(20,21)22)7-12(6-10)19(23,24)25/h3-8,15,27H,9H2,1-2H3,(H,26,28). The molecule has 2 aromatic rings. The molecule has 0 bridgehead atoms. The first-order valence-corrected chi connectivity index (χ1v) is 8.34. The lowest BCUT2D eigenvalue weighted by atomic mass is 10.0. The molecular weight excluding hydrogens is 420 g/mol. The number of rotatable bonds is 6. The number of carbonyl (C=O) groups excluding carboxylic acids is 1. The summed E-state index contributed by atoms with van der Waals surface area (Å²) in [5, 5.41) is 12.4. The van der Waals surface area contributed by atoms with Gasteiger partial charge in [0.25, 0.3) is 5.91 Å². The largest absolute Gasteiger partial charge is 0.497 e. The molecular formula is C19H17F6NO4. The van der Waals surface area contributed by atoms with E-state index in [1.54, 1.807) is 6.07 Å². The fourth-order valence-electron chi connectivity index (χ4n) is 2.59. The summed E-state index contributed by atoms with van der Waals surface area (Å²) in [6.07, 6.45) is -11.5. The van der Waals surface area contributed by atoms with Crippen molar-refractivity contribution in [1.29, 1.82) is 0 Å². The molecule has 30 heavy (non-hydrogen) atoms. The fraction of sp³-hybridized carbons (Fsp3) is 0.316. The van der Waals surface area contributed by atoms with E-state index in [0.717, 1.165) is 0 Å². The average molecular weight is 437 g/mol. The van der Waals surface area contributed by atoms with E-state index in [2.05, 4.69) is 5.32 Å². The number of hydrogen-bond acceptors (Lipinski definition) is 4. The summed E-state index contributed by atoms with van der Waals surface area (Å²) >= 11 is 0. The van der Waals surface area contributed by atoms with E-state index in [1.165, 1.54) is 26.4 Å². The molecule has 0 fully saturated rings. The number of methoxy groups -OCH3 is 2. The molecule has 0 aliphatic heterocycles. The number of nitrogens with one attached hydrogen (secondary N) is 1. The topological polar surface area (TPSA) is 67.8 Å². The SMILES string of the molecule is COc1ccc(OC)c(C(O)CNC(=O)c2cc(C(F)(F)F)cc(C(F)(F)F)c2)c1. The molecule has 11 heteroatoms. The lowest BCUT2D eigenvalue weighted by Crippen LogP contribution is -2.29. The highest BCUT2D eigenvalue weighted by Crippen LogP contribution is 2.36.